The van der Waals surface area contributed by atoms with Gasteiger partial charge in [-0.25, -0.2) is 4.99 Å². The molecule has 0 bridgehead atoms. The standard InChI is InChI=1S/C21H33N5O3/c1-2-11-25-12-9-18(10-13-25)24-21(23-16-20-4-3-14-29-20)22-15-17-5-7-19(8-6-17)26(27)28/h5-8,18,20H,2-4,9-16H2,1H3,(H2,22,23,24). The third-order valence-corrected chi connectivity index (χ3v) is 5.56. The van der Waals surface area contributed by atoms with E-state index in [2.05, 4.69) is 22.5 Å². The molecule has 1 unspecified atom stereocenters. The van der Waals surface area contributed by atoms with Gasteiger partial charge in [0.25, 0.3) is 5.69 Å². The van der Waals surface area contributed by atoms with Crippen LogP contribution < -0.4 is 10.6 Å². The van der Waals surface area contributed by atoms with E-state index in [0.29, 0.717) is 12.6 Å². The Morgan fingerprint density at radius 2 is 2.03 bits per heavy atom. The lowest BCUT2D eigenvalue weighted by Crippen LogP contribution is -2.50. The highest BCUT2D eigenvalue weighted by Crippen LogP contribution is 2.14. The molecule has 2 fully saturated rings. The lowest BCUT2D eigenvalue weighted by Gasteiger charge is -2.33. The molecule has 1 aromatic rings. The molecule has 2 N–H and O–H groups in total. The fraction of sp³-hybridized carbons (Fsp3) is 0.667. The van der Waals surface area contributed by atoms with Crippen LogP contribution in [0.4, 0.5) is 5.69 Å². The van der Waals surface area contributed by atoms with Gasteiger partial charge in [-0.15, -0.1) is 0 Å². The average molecular weight is 404 g/mol. The number of benzene rings is 1. The summed E-state index contributed by atoms with van der Waals surface area (Å²) in [6, 6.07) is 7.00. The largest absolute Gasteiger partial charge is 0.376 e. The number of non-ortho nitro benzene ring substituents is 1. The Kier molecular flexibility index (Phi) is 8.25. The second-order valence-electron chi connectivity index (χ2n) is 7.86. The van der Waals surface area contributed by atoms with E-state index >= 15 is 0 Å². The summed E-state index contributed by atoms with van der Waals surface area (Å²) in [6.07, 6.45) is 5.86. The number of rotatable bonds is 8. The monoisotopic (exact) mass is 403 g/mol. The third-order valence-electron chi connectivity index (χ3n) is 5.56. The molecule has 160 valence electrons. The van der Waals surface area contributed by atoms with E-state index in [1.54, 1.807) is 12.1 Å². The molecule has 0 saturated carbocycles. The maximum absolute atomic E-state index is 10.8. The lowest BCUT2D eigenvalue weighted by atomic mass is 10.1. The van der Waals surface area contributed by atoms with E-state index in [0.717, 1.165) is 63.4 Å². The molecule has 1 atom stereocenters. The maximum atomic E-state index is 10.8. The zero-order chi connectivity index (χ0) is 20.5. The quantitative estimate of drug-likeness (QED) is 0.300. The minimum absolute atomic E-state index is 0.103. The molecule has 0 aliphatic carbocycles. The zero-order valence-electron chi connectivity index (χ0n) is 17.3. The molecule has 2 saturated heterocycles. The molecular formula is C21H33N5O3. The molecule has 2 heterocycles. The van der Waals surface area contributed by atoms with Gasteiger partial charge >= 0.3 is 0 Å². The van der Waals surface area contributed by atoms with Gasteiger partial charge in [-0.3, -0.25) is 10.1 Å². The zero-order valence-corrected chi connectivity index (χ0v) is 17.3. The first-order chi connectivity index (χ1) is 14.1. The summed E-state index contributed by atoms with van der Waals surface area (Å²) in [4.78, 5) is 17.7. The number of ether oxygens (including phenoxy) is 1. The van der Waals surface area contributed by atoms with Crippen LogP contribution in [0.3, 0.4) is 0 Å². The van der Waals surface area contributed by atoms with Crippen molar-refractivity contribution in [2.75, 3.05) is 32.8 Å². The fourth-order valence-corrected chi connectivity index (χ4v) is 3.87. The normalized spacial score (nSPS) is 21.3. The van der Waals surface area contributed by atoms with Crippen LogP contribution in [0.5, 0.6) is 0 Å². The first-order valence-corrected chi connectivity index (χ1v) is 10.8. The molecule has 8 heteroatoms. The Morgan fingerprint density at radius 3 is 2.66 bits per heavy atom. The molecule has 3 rings (SSSR count). The Labute approximate surface area is 172 Å². The molecule has 0 amide bonds. The molecule has 0 radical (unpaired) electrons. The van der Waals surface area contributed by atoms with Gasteiger partial charge < -0.3 is 20.3 Å². The summed E-state index contributed by atoms with van der Waals surface area (Å²) < 4.78 is 5.72. The van der Waals surface area contributed by atoms with Gasteiger partial charge in [0.05, 0.1) is 17.6 Å². The van der Waals surface area contributed by atoms with Crippen molar-refractivity contribution in [1.29, 1.82) is 0 Å². The highest BCUT2D eigenvalue weighted by molar-refractivity contribution is 5.80. The van der Waals surface area contributed by atoms with Crippen LogP contribution in [0.1, 0.15) is 44.6 Å². The topological polar surface area (TPSA) is 92.0 Å². The summed E-state index contributed by atoms with van der Waals surface area (Å²) in [5.74, 6) is 0.799. The van der Waals surface area contributed by atoms with E-state index in [1.165, 1.54) is 25.1 Å². The van der Waals surface area contributed by atoms with Crippen LogP contribution in [0.15, 0.2) is 29.3 Å². The number of nitro benzene ring substituents is 1. The second kappa shape index (κ2) is 11.1. The number of guanidine groups is 1. The fourth-order valence-electron chi connectivity index (χ4n) is 3.87. The number of nitro groups is 1. The number of nitrogens with zero attached hydrogens (tertiary/aromatic N) is 3. The summed E-state index contributed by atoms with van der Waals surface area (Å²) >= 11 is 0. The summed E-state index contributed by atoms with van der Waals surface area (Å²) in [7, 11) is 0. The van der Waals surface area contributed by atoms with Crippen LogP contribution in [-0.4, -0.2) is 60.7 Å². The van der Waals surface area contributed by atoms with Crippen molar-refractivity contribution in [2.24, 2.45) is 4.99 Å². The third kappa shape index (κ3) is 6.97. The van der Waals surface area contributed by atoms with Gasteiger partial charge in [0.2, 0.25) is 0 Å². The first kappa shape index (κ1) is 21.5. The average Bonchev–Trinajstić information content (AvgIpc) is 3.25. The highest BCUT2D eigenvalue weighted by Gasteiger charge is 2.21. The lowest BCUT2D eigenvalue weighted by molar-refractivity contribution is -0.384. The Bertz CT molecular complexity index is 665. The van der Waals surface area contributed by atoms with E-state index < -0.39 is 0 Å². The molecule has 29 heavy (non-hydrogen) atoms. The van der Waals surface area contributed by atoms with Crippen LogP contribution in [0.25, 0.3) is 0 Å². The van der Waals surface area contributed by atoms with Crippen LogP contribution in [0.2, 0.25) is 0 Å². The minimum atomic E-state index is -0.381. The van der Waals surface area contributed by atoms with Crippen molar-refractivity contribution in [3.8, 4) is 0 Å². The summed E-state index contributed by atoms with van der Waals surface area (Å²) in [5.41, 5.74) is 1.05. The smallest absolute Gasteiger partial charge is 0.269 e. The predicted octanol–water partition coefficient (Wildman–Crippen LogP) is 2.68. The van der Waals surface area contributed by atoms with E-state index in [-0.39, 0.29) is 16.7 Å². The SMILES string of the molecule is CCCN1CCC(NC(=NCc2ccc([N+](=O)[O-])cc2)NCC2CCCO2)CC1. The molecule has 0 aromatic heterocycles. The number of piperidine rings is 1. The first-order valence-electron chi connectivity index (χ1n) is 10.8. The van der Waals surface area contributed by atoms with Crippen molar-refractivity contribution >= 4 is 11.6 Å². The van der Waals surface area contributed by atoms with E-state index in [1.807, 2.05) is 0 Å². The molecule has 1 aromatic carbocycles. The van der Waals surface area contributed by atoms with Crippen molar-refractivity contribution in [1.82, 2.24) is 15.5 Å². The molecule has 2 aliphatic rings. The van der Waals surface area contributed by atoms with Gasteiger partial charge in [-0.05, 0) is 44.2 Å². The summed E-state index contributed by atoms with van der Waals surface area (Å²) in [6.45, 7) is 7.70. The Morgan fingerprint density at radius 1 is 1.28 bits per heavy atom. The van der Waals surface area contributed by atoms with Gasteiger partial charge in [0.1, 0.15) is 0 Å². The van der Waals surface area contributed by atoms with E-state index in [4.69, 9.17) is 9.73 Å². The predicted molar refractivity (Wildman–Crippen MR) is 114 cm³/mol. The Hall–Kier alpha value is -2.19. The van der Waals surface area contributed by atoms with E-state index in [9.17, 15) is 10.1 Å². The number of likely N-dealkylation sites (tertiary alicyclic amines) is 1. The van der Waals surface area contributed by atoms with Crippen LogP contribution in [-0.2, 0) is 11.3 Å². The Balaban J connectivity index is 1.57. The molecule has 0 spiro atoms. The van der Waals surface area contributed by atoms with Crippen LogP contribution >= 0.6 is 0 Å². The van der Waals surface area contributed by atoms with Crippen molar-refractivity contribution < 1.29 is 9.66 Å². The number of aliphatic imine (C=N–C) groups is 1. The van der Waals surface area contributed by atoms with Gasteiger partial charge in [-0.2, -0.15) is 0 Å². The van der Waals surface area contributed by atoms with Gasteiger partial charge in [0.15, 0.2) is 5.96 Å². The van der Waals surface area contributed by atoms with Gasteiger partial charge in [-0.1, -0.05) is 19.1 Å². The number of hydrogen-bond acceptors (Lipinski definition) is 5. The van der Waals surface area contributed by atoms with Crippen molar-refractivity contribution in [3.63, 3.8) is 0 Å². The molecule has 2 aliphatic heterocycles. The summed E-state index contributed by atoms with van der Waals surface area (Å²) in [5, 5.41) is 17.8. The molecular weight excluding hydrogens is 370 g/mol. The maximum Gasteiger partial charge on any atom is 0.269 e. The van der Waals surface area contributed by atoms with Crippen LogP contribution in [0, 0.1) is 10.1 Å². The number of hydrogen-bond donors (Lipinski definition) is 2. The number of nitrogens with one attached hydrogen (secondary N) is 2. The van der Waals surface area contributed by atoms with Crippen molar-refractivity contribution in [2.45, 2.75) is 57.7 Å². The minimum Gasteiger partial charge on any atom is -0.376 e. The van der Waals surface area contributed by atoms with Crippen molar-refractivity contribution in [3.05, 3.63) is 39.9 Å². The highest BCUT2D eigenvalue weighted by atomic mass is 16.6. The van der Waals surface area contributed by atoms with Gasteiger partial charge in [0, 0.05) is 44.4 Å². The molecule has 8 nitrogen and oxygen atoms in total. The second-order valence-corrected chi connectivity index (χ2v) is 7.86.